The number of rotatable bonds is 2. The van der Waals surface area contributed by atoms with Crippen molar-refractivity contribution in [1.82, 2.24) is 9.97 Å². The van der Waals surface area contributed by atoms with Gasteiger partial charge in [-0.15, -0.1) is 0 Å². The quantitative estimate of drug-likeness (QED) is 0.541. The zero-order valence-corrected chi connectivity index (χ0v) is 9.80. The summed E-state index contributed by atoms with van der Waals surface area (Å²) < 4.78 is 0.544. The average molecular weight is 240 g/mol. The lowest BCUT2D eigenvalue weighted by Crippen LogP contribution is -2.15. The van der Waals surface area contributed by atoms with E-state index in [-0.39, 0.29) is 6.41 Å². The fourth-order valence-corrected chi connectivity index (χ4v) is 1.91. The normalized spacial score (nSPS) is 15.0. The van der Waals surface area contributed by atoms with E-state index < -0.39 is 0 Å². The van der Waals surface area contributed by atoms with Gasteiger partial charge in [-0.1, -0.05) is 12.8 Å². The molecule has 1 fully saturated rings. The summed E-state index contributed by atoms with van der Waals surface area (Å²) in [5.41, 5.74) is 4.17. The second kappa shape index (κ2) is 6.95. The van der Waals surface area contributed by atoms with Gasteiger partial charge in [0.2, 0.25) is 6.41 Å². The number of hydrogen-bond donors (Lipinski definition) is 3. The lowest BCUT2D eigenvalue weighted by Gasteiger charge is -2.12. The van der Waals surface area contributed by atoms with Crippen LogP contribution in [-0.2, 0) is 4.79 Å². The smallest absolute Gasteiger partial charge is 0.204 e. The molecule has 0 unspecified atom stereocenters. The van der Waals surface area contributed by atoms with Crippen molar-refractivity contribution in [3.05, 3.63) is 17.0 Å². The van der Waals surface area contributed by atoms with E-state index in [0.717, 1.165) is 5.82 Å². The highest BCUT2D eigenvalue weighted by Gasteiger charge is 2.14. The van der Waals surface area contributed by atoms with Crippen LogP contribution in [0.2, 0.25) is 0 Å². The molecule has 0 aromatic carbocycles. The molecular formula is C10H16N4OS. The number of nitrogens with one attached hydrogen (secondary N) is 2. The number of carbonyl (C=O) groups excluding carboxylic acids is 1. The molecule has 0 spiro atoms. The number of hydrogen-bond acceptors (Lipinski definition) is 4. The molecule has 2 rings (SSSR count). The molecular weight excluding hydrogens is 224 g/mol. The highest BCUT2D eigenvalue weighted by molar-refractivity contribution is 7.71. The number of nitrogens with two attached hydrogens (primary N) is 1. The average Bonchev–Trinajstić information content (AvgIpc) is 2.71. The molecule has 1 aliphatic carbocycles. The number of primary amides is 1. The molecule has 0 aliphatic heterocycles. The summed E-state index contributed by atoms with van der Waals surface area (Å²) in [4.78, 5) is 15.5. The molecule has 0 atom stereocenters. The summed E-state index contributed by atoms with van der Waals surface area (Å²) in [6, 6.07) is 2.54. The van der Waals surface area contributed by atoms with E-state index in [1.807, 2.05) is 6.07 Å². The number of nitrogens with zero attached hydrogens (tertiary/aromatic N) is 1. The van der Waals surface area contributed by atoms with Crippen molar-refractivity contribution in [2.24, 2.45) is 5.73 Å². The summed E-state index contributed by atoms with van der Waals surface area (Å²) in [7, 11) is 0. The van der Waals surface area contributed by atoms with E-state index in [1.165, 1.54) is 25.7 Å². The van der Waals surface area contributed by atoms with E-state index >= 15 is 0 Å². The van der Waals surface area contributed by atoms with Gasteiger partial charge in [-0.3, -0.25) is 4.79 Å². The Labute approximate surface area is 99.5 Å². The first-order chi connectivity index (χ1) is 7.76. The largest absolute Gasteiger partial charge is 0.372 e. The zero-order chi connectivity index (χ0) is 11.8. The van der Waals surface area contributed by atoms with Crippen LogP contribution in [0.4, 0.5) is 5.82 Å². The number of amides is 1. The van der Waals surface area contributed by atoms with Gasteiger partial charge in [-0.05, 0) is 31.1 Å². The molecule has 1 saturated carbocycles. The van der Waals surface area contributed by atoms with E-state index in [1.54, 1.807) is 6.20 Å². The Morgan fingerprint density at radius 3 is 2.75 bits per heavy atom. The first-order valence-corrected chi connectivity index (χ1v) is 5.64. The first-order valence-electron chi connectivity index (χ1n) is 5.23. The van der Waals surface area contributed by atoms with Crippen molar-refractivity contribution in [2.75, 3.05) is 5.32 Å². The van der Waals surface area contributed by atoms with Gasteiger partial charge in [0, 0.05) is 12.2 Å². The van der Waals surface area contributed by atoms with E-state index in [0.29, 0.717) is 10.8 Å². The molecule has 0 radical (unpaired) electrons. The molecule has 88 valence electrons. The molecule has 1 aliphatic rings. The minimum atomic E-state index is 0.250. The fourth-order valence-electron chi connectivity index (χ4n) is 1.74. The third kappa shape index (κ3) is 4.39. The molecule has 0 bridgehead atoms. The van der Waals surface area contributed by atoms with Gasteiger partial charge in [0.15, 0.2) is 4.77 Å². The van der Waals surface area contributed by atoms with E-state index in [9.17, 15) is 0 Å². The van der Waals surface area contributed by atoms with Crippen molar-refractivity contribution in [1.29, 1.82) is 0 Å². The fraction of sp³-hybridized carbons (Fsp3) is 0.500. The molecule has 0 saturated heterocycles. The Kier molecular flexibility index (Phi) is 5.49. The predicted molar refractivity (Wildman–Crippen MR) is 65.6 cm³/mol. The summed E-state index contributed by atoms with van der Waals surface area (Å²) in [5.74, 6) is 0.993. The van der Waals surface area contributed by atoms with Crippen LogP contribution in [0.25, 0.3) is 0 Å². The third-order valence-corrected chi connectivity index (χ3v) is 2.60. The predicted octanol–water partition coefficient (Wildman–Crippen LogP) is 1.60. The highest BCUT2D eigenvalue weighted by Crippen LogP contribution is 2.20. The van der Waals surface area contributed by atoms with Gasteiger partial charge in [-0.2, -0.15) is 0 Å². The highest BCUT2D eigenvalue weighted by atomic mass is 32.1. The van der Waals surface area contributed by atoms with Crippen LogP contribution >= 0.6 is 12.2 Å². The molecule has 1 amide bonds. The number of H-pyrrole nitrogens is 1. The molecule has 4 N–H and O–H groups in total. The van der Waals surface area contributed by atoms with Gasteiger partial charge < -0.3 is 16.0 Å². The summed E-state index contributed by atoms with van der Waals surface area (Å²) in [6.45, 7) is 0. The Morgan fingerprint density at radius 1 is 1.56 bits per heavy atom. The lowest BCUT2D eigenvalue weighted by atomic mass is 10.2. The maximum atomic E-state index is 8.58. The standard InChI is InChI=1S/C9H13N3S.CH3NO/c13-9-10-6-5-8(12-9)11-7-3-1-2-4-7;2-1-3/h5-7H,1-4H2,(H2,10,11,12,13);1H,(H2,2,3). The monoisotopic (exact) mass is 240 g/mol. The molecule has 5 nitrogen and oxygen atoms in total. The number of aromatic nitrogens is 2. The van der Waals surface area contributed by atoms with Crippen LogP contribution in [0.5, 0.6) is 0 Å². The molecule has 1 aromatic rings. The van der Waals surface area contributed by atoms with Crippen molar-refractivity contribution in [3.8, 4) is 0 Å². The molecule has 6 heteroatoms. The first kappa shape index (κ1) is 12.6. The van der Waals surface area contributed by atoms with Crippen LogP contribution < -0.4 is 11.1 Å². The van der Waals surface area contributed by atoms with Crippen LogP contribution in [0.1, 0.15) is 25.7 Å². The second-order valence-corrected chi connectivity index (χ2v) is 3.94. The summed E-state index contributed by atoms with van der Waals surface area (Å²) >= 11 is 4.93. The third-order valence-electron chi connectivity index (χ3n) is 2.39. The number of carbonyl (C=O) groups is 1. The Bertz CT molecular complexity index is 373. The second-order valence-electron chi connectivity index (χ2n) is 3.55. The van der Waals surface area contributed by atoms with Crippen LogP contribution in [-0.4, -0.2) is 22.4 Å². The molecule has 16 heavy (non-hydrogen) atoms. The van der Waals surface area contributed by atoms with Gasteiger partial charge in [0.1, 0.15) is 5.82 Å². The Hall–Kier alpha value is -1.43. The van der Waals surface area contributed by atoms with Crippen molar-refractivity contribution in [3.63, 3.8) is 0 Å². The Morgan fingerprint density at radius 2 is 2.19 bits per heavy atom. The summed E-state index contributed by atoms with van der Waals surface area (Å²) in [5, 5.41) is 3.42. The summed E-state index contributed by atoms with van der Waals surface area (Å²) in [6.07, 6.45) is 7.19. The van der Waals surface area contributed by atoms with E-state index in [2.05, 4.69) is 21.0 Å². The van der Waals surface area contributed by atoms with Gasteiger partial charge >= 0.3 is 0 Å². The lowest BCUT2D eigenvalue weighted by molar-refractivity contribution is -0.106. The van der Waals surface area contributed by atoms with Crippen LogP contribution in [0.15, 0.2) is 12.3 Å². The molecule has 1 heterocycles. The number of anilines is 1. The maximum absolute atomic E-state index is 8.58. The topological polar surface area (TPSA) is 83.8 Å². The van der Waals surface area contributed by atoms with Crippen molar-refractivity contribution < 1.29 is 4.79 Å². The minimum Gasteiger partial charge on any atom is -0.372 e. The maximum Gasteiger partial charge on any atom is 0.204 e. The minimum absolute atomic E-state index is 0.250. The van der Waals surface area contributed by atoms with Crippen molar-refractivity contribution >= 4 is 24.4 Å². The van der Waals surface area contributed by atoms with Gasteiger partial charge in [0.05, 0.1) is 0 Å². The van der Waals surface area contributed by atoms with Crippen molar-refractivity contribution in [2.45, 2.75) is 31.7 Å². The number of aromatic amines is 1. The Balaban J connectivity index is 0.000000386. The van der Waals surface area contributed by atoms with E-state index in [4.69, 9.17) is 17.0 Å². The van der Waals surface area contributed by atoms with Crippen LogP contribution in [0.3, 0.4) is 0 Å². The molecule has 1 aromatic heterocycles. The van der Waals surface area contributed by atoms with Crippen LogP contribution in [0, 0.1) is 4.77 Å². The zero-order valence-electron chi connectivity index (χ0n) is 8.98. The van der Waals surface area contributed by atoms with Gasteiger partial charge in [-0.25, -0.2) is 4.98 Å². The SMILES string of the molecule is NC=O.S=c1nccc(NC2CCCC2)[nH]1. The van der Waals surface area contributed by atoms with Gasteiger partial charge in [0.25, 0.3) is 0 Å².